The lowest BCUT2D eigenvalue weighted by molar-refractivity contribution is -0.123. The Morgan fingerprint density at radius 2 is 1.70 bits per heavy atom. The summed E-state index contributed by atoms with van der Waals surface area (Å²) in [6.45, 7) is 0. The number of allylic oxidation sites excluding steroid dienone is 2. The highest BCUT2D eigenvalue weighted by Crippen LogP contribution is 2.53. The molecule has 2 bridgehead atoms. The van der Waals surface area contributed by atoms with Gasteiger partial charge in [-0.15, -0.1) is 10.2 Å². The molecule has 0 spiro atoms. The molecule has 4 amide bonds. The first-order valence-electron chi connectivity index (χ1n) is 8.62. The molecular weight excluding hydrogens is 366 g/mol. The summed E-state index contributed by atoms with van der Waals surface area (Å²) in [6, 6.07) is 6.23. The highest BCUT2D eigenvalue weighted by atomic mass is 32.1. The molecule has 2 aliphatic carbocycles. The van der Waals surface area contributed by atoms with Gasteiger partial charge >= 0.3 is 6.03 Å². The van der Waals surface area contributed by atoms with Crippen molar-refractivity contribution in [3.05, 3.63) is 41.9 Å². The van der Waals surface area contributed by atoms with E-state index in [2.05, 4.69) is 33.0 Å². The highest BCUT2D eigenvalue weighted by molar-refractivity contribution is 7.13. The molecule has 27 heavy (non-hydrogen) atoms. The third-order valence-electron chi connectivity index (χ3n) is 5.43. The maximum Gasteiger partial charge on any atom is 0.325 e. The van der Waals surface area contributed by atoms with E-state index in [9.17, 15) is 14.4 Å². The Morgan fingerprint density at radius 3 is 2.30 bits per heavy atom. The topological polar surface area (TPSA) is 104 Å². The molecule has 9 heteroatoms. The molecule has 5 rings (SSSR count). The van der Waals surface area contributed by atoms with Crippen molar-refractivity contribution in [2.45, 2.75) is 6.42 Å². The highest BCUT2D eigenvalue weighted by Gasteiger charge is 2.59. The molecule has 2 heterocycles. The molecule has 1 aromatic heterocycles. The Labute approximate surface area is 158 Å². The van der Waals surface area contributed by atoms with E-state index in [1.807, 2.05) is 0 Å². The first-order valence-corrected chi connectivity index (χ1v) is 9.50. The van der Waals surface area contributed by atoms with Crippen molar-refractivity contribution in [3.63, 3.8) is 0 Å². The summed E-state index contributed by atoms with van der Waals surface area (Å²) in [6.07, 6.45) is 5.06. The fourth-order valence-electron chi connectivity index (χ4n) is 4.34. The summed E-state index contributed by atoms with van der Waals surface area (Å²) >= 11 is 1.21. The van der Waals surface area contributed by atoms with Crippen LogP contribution in [0.15, 0.2) is 41.9 Å². The predicted octanol–water partition coefficient (Wildman–Crippen LogP) is 2.49. The number of urea groups is 1. The van der Waals surface area contributed by atoms with E-state index in [0.717, 1.165) is 6.42 Å². The molecule has 2 fully saturated rings. The molecule has 136 valence electrons. The maximum absolute atomic E-state index is 12.8. The zero-order valence-corrected chi connectivity index (χ0v) is 14.8. The number of benzene rings is 1. The van der Waals surface area contributed by atoms with E-state index in [1.165, 1.54) is 21.7 Å². The number of nitrogens with one attached hydrogen (secondary N) is 2. The molecule has 8 nitrogen and oxygen atoms in total. The van der Waals surface area contributed by atoms with Crippen molar-refractivity contribution in [1.29, 1.82) is 0 Å². The summed E-state index contributed by atoms with van der Waals surface area (Å²) in [7, 11) is 0. The van der Waals surface area contributed by atoms with Crippen LogP contribution in [-0.2, 0) is 9.59 Å². The Bertz CT molecular complexity index is 926. The predicted molar refractivity (Wildman–Crippen MR) is 99.2 cm³/mol. The summed E-state index contributed by atoms with van der Waals surface area (Å²) < 4.78 is 0. The minimum absolute atomic E-state index is 0.114. The van der Waals surface area contributed by atoms with Crippen LogP contribution >= 0.6 is 11.3 Å². The second-order valence-electron chi connectivity index (χ2n) is 6.88. The molecule has 0 radical (unpaired) electrons. The monoisotopic (exact) mass is 381 g/mol. The number of hydrogen-bond acceptors (Lipinski definition) is 6. The van der Waals surface area contributed by atoms with Crippen LogP contribution in [0, 0.1) is 23.7 Å². The molecule has 3 aliphatic rings. The van der Waals surface area contributed by atoms with Crippen molar-refractivity contribution in [2.75, 3.05) is 15.5 Å². The lowest BCUT2D eigenvalue weighted by Crippen LogP contribution is -2.32. The van der Waals surface area contributed by atoms with Crippen molar-refractivity contribution in [1.82, 2.24) is 10.2 Å². The number of imide groups is 1. The Balaban J connectivity index is 1.30. The number of hydrogen-bond donors (Lipinski definition) is 2. The largest absolute Gasteiger partial charge is 0.325 e. The molecule has 1 saturated carbocycles. The van der Waals surface area contributed by atoms with Gasteiger partial charge in [-0.3, -0.25) is 19.8 Å². The number of nitrogens with zero attached hydrogens (tertiary/aromatic N) is 3. The first-order chi connectivity index (χ1) is 13.1. The van der Waals surface area contributed by atoms with Crippen LogP contribution in [0.3, 0.4) is 0 Å². The van der Waals surface area contributed by atoms with Crippen LogP contribution in [0.5, 0.6) is 0 Å². The number of amides is 4. The fraction of sp³-hybridized carbons (Fsp3) is 0.278. The SMILES string of the molecule is O=C(Nc1ccc(N2C(=O)[C@@H]3[C@H](C2=O)[C@H]2C=C[C@H]3C2)cc1)Nc1nncs1. The minimum Gasteiger partial charge on any atom is -0.308 e. The van der Waals surface area contributed by atoms with Crippen molar-refractivity contribution >= 4 is 45.7 Å². The molecular formula is C18H15N5O3S. The Hall–Kier alpha value is -3.07. The van der Waals surface area contributed by atoms with Crippen molar-refractivity contribution < 1.29 is 14.4 Å². The Kier molecular flexibility index (Phi) is 3.57. The zero-order valence-electron chi connectivity index (χ0n) is 14.0. The third kappa shape index (κ3) is 2.54. The van der Waals surface area contributed by atoms with E-state index >= 15 is 0 Å². The Morgan fingerprint density at radius 1 is 1.04 bits per heavy atom. The van der Waals surface area contributed by atoms with E-state index in [1.54, 1.807) is 24.3 Å². The van der Waals surface area contributed by atoms with Crippen LogP contribution < -0.4 is 15.5 Å². The van der Waals surface area contributed by atoms with Crippen LogP contribution in [0.1, 0.15) is 6.42 Å². The lowest BCUT2D eigenvalue weighted by Gasteiger charge is -2.17. The van der Waals surface area contributed by atoms with Gasteiger partial charge < -0.3 is 5.32 Å². The van der Waals surface area contributed by atoms with E-state index in [4.69, 9.17) is 0 Å². The van der Waals surface area contributed by atoms with E-state index in [-0.39, 0.29) is 35.5 Å². The summed E-state index contributed by atoms with van der Waals surface area (Å²) in [5, 5.41) is 13.0. The smallest absolute Gasteiger partial charge is 0.308 e. The van der Waals surface area contributed by atoms with Gasteiger partial charge in [0.15, 0.2) is 0 Å². The van der Waals surface area contributed by atoms with Gasteiger partial charge in [0, 0.05) is 5.69 Å². The number of fused-ring (bicyclic) bond motifs is 5. The molecule has 0 unspecified atom stereocenters. The average molecular weight is 381 g/mol. The summed E-state index contributed by atoms with van der Waals surface area (Å²) in [5.74, 6) is -0.294. The second kappa shape index (κ2) is 5.98. The molecule has 1 saturated heterocycles. The van der Waals surface area contributed by atoms with E-state index in [0.29, 0.717) is 16.5 Å². The standard InChI is InChI=1S/C18H15N5O3S/c24-15-13-9-1-2-10(7-9)14(13)16(25)23(15)12-5-3-11(4-6-12)20-17(26)21-18-22-19-8-27-18/h1-6,8-10,13-14H,7H2,(H2,20,21,22,26)/t9-,10-,13-,14+/m0/s1. The number of aromatic nitrogens is 2. The molecule has 2 aromatic rings. The van der Waals surface area contributed by atoms with Gasteiger partial charge in [0.05, 0.1) is 17.5 Å². The van der Waals surface area contributed by atoms with Crippen LogP contribution in [0.25, 0.3) is 0 Å². The normalized spacial score (nSPS) is 27.9. The van der Waals surface area contributed by atoms with Gasteiger partial charge in [-0.1, -0.05) is 23.5 Å². The van der Waals surface area contributed by atoms with Gasteiger partial charge in [0.2, 0.25) is 16.9 Å². The number of carbonyl (C=O) groups excluding carboxylic acids is 3. The summed E-state index contributed by atoms with van der Waals surface area (Å²) in [5.41, 5.74) is 2.60. The quantitative estimate of drug-likeness (QED) is 0.628. The summed E-state index contributed by atoms with van der Waals surface area (Å²) in [4.78, 5) is 38.8. The zero-order chi connectivity index (χ0) is 18.5. The first kappa shape index (κ1) is 16.1. The fourth-order valence-corrected chi connectivity index (χ4v) is 4.78. The number of rotatable bonds is 3. The molecule has 2 N–H and O–H groups in total. The third-order valence-corrected chi connectivity index (χ3v) is 6.04. The van der Waals surface area contributed by atoms with Crippen LogP contribution in [0.2, 0.25) is 0 Å². The van der Waals surface area contributed by atoms with Crippen LogP contribution in [-0.4, -0.2) is 28.0 Å². The van der Waals surface area contributed by atoms with Crippen molar-refractivity contribution in [3.8, 4) is 0 Å². The van der Waals surface area contributed by atoms with Gasteiger partial charge in [0.1, 0.15) is 5.51 Å². The number of carbonyl (C=O) groups is 3. The lowest BCUT2D eigenvalue weighted by atomic mass is 9.85. The van der Waals surface area contributed by atoms with Crippen molar-refractivity contribution in [2.24, 2.45) is 23.7 Å². The van der Waals surface area contributed by atoms with Gasteiger partial charge in [-0.2, -0.15) is 0 Å². The average Bonchev–Trinajstić information content (AvgIpc) is 3.42. The minimum atomic E-state index is -0.440. The van der Waals surface area contributed by atoms with Gasteiger partial charge in [0.25, 0.3) is 0 Å². The second-order valence-corrected chi connectivity index (χ2v) is 7.71. The molecule has 4 atom stereocenters. The van der Waals surface area contributed by atoms with Crippen LogP contribution in [0.4, 0.5) is 21.3 Å². The van der Waals surface area contributed by atoms with Gasteiger partial charge in [-0.25, -0.2) is 4.79 Å². The van der Waals surface area contributed by atoms with E-state index < -0.39 is 6.03 Å². The molecule has 1 aliphatic heterocycles. The molecule has 1 aromatic carbocycles. The number of anilines is 3. The van der Waals surface area contributed by atoms with Gasteiger partial charge in [-0.05, 0) is 42.5 Å². The maximum atomic E-state index is 12.8.